The zero-order chi connectivity index (χ0) is 13.1. The summed E-state index contributed by atoms with van der Waals surface area (Å²) in [6, 6.07) is 1.39. The molecule has 106 valence electrons. The number of rotatable bonds is 6. The third-order valence-corrected chi connectivity index (χ3v) is 4.51. The van der Waals surface area contributed by atoms with Gasteiger partial charge in [0.15, 0.2) is 0 Å². The van der Waals surface area contributed by atoms with Gasteiger partial charge in [-0.2, -0.15) is 0 Å². The minimum absolute atomic E-state index is 0.521. The van der Waals surface area contributed by atoms with Crippen LogP contribution in [0, 0.1) is 0 Å². The highest BCUT2D eigenvalue weighted by Crippen LogP contribution is 2.27. The minimum Gasteiger partial charge on any atom is -0.332 e. The highest BCUT2D eigenvalue weighted by Gasteiger charge is 2.27. The van der Waals surface area contributed by atoms with Gasteiger partial charge in [-0.25, -0.2) is 4.98 Å². The Morgan fingerprint density at radius 1 is 1.37 bits per heavy atom. The van der Waals surface area contributed by atoms with Gasteiger partial charge in [-0.15, -0.1) is 0 Å². The van der Waals surface area contributed by atoms with Gasteiger partial charge in [0, 0.05) is 31.4 Å². The third kappa shape index (κ3) is 3.18. The van der Waals surface area contributed by atoms with Crippen LogP contribution in [-0.4, -0.2) is 40.1 Å². The molecule has 1 atom stereocenters. The van der Waals surface area contributed by atoms with Crippen molar-refractivity contribution in [2.75, 3.05) is 19.6 Å². The van der Waals surface area contributed by atoms with Crippen LogP contribution in [0.15, 0.2) is 12.5 Å². The highest BCUT2D eigenvalue weighted by atomic mass is 15.2. The summed E-state index contributed by atoms with van der Waals surface area (Å²) in [4.78, 5) is 6.98. The Bertz CT molecular complexity index is 391. The second-order valence-electron chi connectivity index (χ2n) is 5.87. The van der Waals surface area contributed by atoms with E-state index in [0.29, 0.717) is 6.04 Å². The molecule has 2 aliphatic rings. The van der Waals surface area contributed by atoms with Crippen molar-refractivity contribution in [1.82, 2.24) is 19.8 Å². The molecule has 2 heterocycles. The van der Waals surface area contributed by atoms with Crippen molar-refractivity contribution in [3.8, 4) is 0 Å². The fraction of sp³-hybridized carbons (Fsp3) is 0.800. The summed E-state index contributed by atoms with van der Waals surface area (Å²) in [5.74, 6) is 0. The lowest BCUT2D eigenvalue weighted by Gasteiger charge is -2.26. The van der Waals surface area contributed by atoms with Crippen molar-refractivity contribution >= 4 is 0 Å². The van der Waals surface area contributed by atoms with Crippen LogP contribution in [0.1, 0.15) is 50.8 Å². The smallest absolute Gasteiger partial charge is 0.0949 e. The van der Waals surface area contributed by atoms with E-state index in [1.807, 2.05) is 6.33 Å². The molecule has 0 bridgehead atoms. The molecule has 1 unspecified atom stereocenters. The van der Waals surface area contributed by atoms with Gasteiger partial charge < -0.3 is 9.88 Å². The molecule has 0 radical (unpaired) electrons. The molecule has 0 spiro atoms. The second-order valence-corrected chi connectivity index (χ2v) is 5.87. The first-order chi connectivity index (χ1) is 9.38. The average Bonchev–Trinajstić information content (AvgIpc) is 3.18. The van der Waals surface area contributed by atoms with Gasteiger partial charge in [-0.05, 0) is 38.8 Å². The van der Waals surface area contributed by atoms with Crippen LogP contribution < -0.4 is 5.32 Å². The van der Waals surface area contributed by atoms with Crippen LogP contribution in [0.3, 0.4) is 0 Å². The first kappa shape index (κ1) is 13.1. The predicted octanol–water partition coefficient (Wildman–Crippen LogP) is 2.18. The molecule has 1 saturated carbocycles. The molecule has 1 N–H and O–H groups in total. The molecule has 19 heavy (non-hydrogen) atoms. The molecule has 1 aliphatic heterocycles. The number of hydrogen-bond acceptors (Lipinski definition) is 3. The van der Waals surface area contributed by atoms with Gasteiger partial charge in [0.1, 0.15) is 0 Å². The number of imidazole rings is 1. The van der Waals surface area contributed by atoms with Crippen molar-refractivity contribution in [2.24, 2.45) is 0 Å². The lowest BCUT2D eigenvalue weighted by atomic mass is 10.0. The number of nitrogens with one attached hydrogen (secondary N) is 1. The van der Waals surface area contributed by atoms with Gasteiger partial charge in [-0.1, -0.05) is 13.3 Å². The number of aromatic nitrogens is 2. The van der Waals surface area contributed by atoms with Crippen molar-refractivity contribution < 1.29 is 0 Å². The summed E-state index contributed by atoms with van der Waals surface area (Å²) in [6.07, 6.45) is 10.8. The standard InChI is InChI=1S/C15H26N4/c1-2-18(13-6-7-13)9-10-19-12-16-11-15(19)14-5-3-4-8-17-14/h11-14,17H,2-10H2,1H3. The first-order valence-electron chi connectivity index (χ1n) is 7.86. The number of nitrogens with zero attached hydrogens (tertiary/aromatic N) is 3. The van der Waals surface area contributed by atoms with E-state index in [-0.39, 0.29) is 0 Å². The Labute approximate surface area is 116 Å². The molecule has 4 heteroatoms. The van der Waals surface area contributed by atoms with Gasteiger partial charge >= 0.3 is 0 Å². The van der Waals surface area contributed by atoms with Gasteiger partial charge in [-0.3, -0.25) is 4.90 Å². The number of hydrogen-bond donors (Lipinski definition) is 1. The molecular formula is C15H26N4. The summed E-state index contributed by atoms with van der Waals surface area (Å²) in [5, 5.41) is 3.62. The van der Waals surface area contributed by atoms with E-state index in [2.05, 4.69) is 32.9 Å². The lowest BCUT2D eigenvalue weighted by Crippen LogP contribution is -2.32. The molecule has 0 amide bonds. The maximum Gasteiger partial charge on any atom is 0.0949 e. The van der Waals surface area contributed by atoms with Crippen LogP contribution in [0.25, 0.3) is 0 Å². The summed E-state index contributed by atoms with van der Waals surface area (Å²) in [6.45, 7) is 6.85. The Kier molecular flexibility index (Phi) is 4.18. The SMILES string of the molecule is CCN(CCn1cncc1C1CCCCN1)C1CC1. The van der Waals surface area contributed by atoms with Gasteiger partial charge in [0.2, 0.25) is 0 Å². The van der Waals surface area contributed by atoms with E-state index >= 15 is 0 Å². The van der Waals surface area contributed by atoms with Gasteiger partial charge in [0.25, 0.3) is 0 Å². The van der Waals surface area contributed by atoms with Crippen LogP contribution in [0.5, 0.6) is 0 Å². The third-order valence-electron chi connectivity index (χ3n) is 4.51. The van der Waals surface area contributed by atoms with Crippen LogP contribution in [0.4, 0.5) is 0 Å². The van der Waals surface area contributed by atoms with Crippen LogP contribution in [0.2, 0.25) is 0 Å². The molecule has 1 aromatic heterocycles. The van der Waals surface area contributed by atoms with E-state index in [1.165, 1.54) is 44.3 Å². The Morgan fingerprint density at radius 3 is 2.95 bits per heavy atom. The molecule has 3 rings (SSSR count). The van der Waals surface area contributed by atoms with E-state index in [4.69, 9.17) is 0 Å². The predicted molar refractivity (Wildman–Crippen MR) is 77.1 cm³/mol. The van der Waals surface area contributed by atoms with E-state index in [0.717, 1.165) is 25.7 Å². The normalized spacial score (nSPS) is 24.0. The fourth-order valence-corrected chi connectivity index (χ4v) is 3.19. The van der Waals surface area contributed by atoms with E-state index in [9.17, 15) is 0 Å². The van der Waals surface area contributed by atoms with Crippen molar-refractivity contribution in [3.05, 3.63) is 18.2 Å². The molecule has 1 saturated heterocycles. The molecular weight excluding hydrogens is 236 g/mol. The molecule has 2 fully saturated rings. The molecule has 0 aromatic carbocycles. The molecule has 4 nitrogen and oxygen atoms in total. The monoisotopic (exact) mass is 262 g/mol. The maximum absolute atomic E-state index is 4.37. The summed E-state index contributed by atoms with van der Waals surface area (Å²) in [7, 11) is 0. The fourth-order valence-electron chi connectivity index (χ4n) is 3.19. The molecule has 1 aromatic rings. The van der Waals surface area contributed by atoms with Crippen molar-refractivity contribution in [2.45, 2.75) is 57.7 Å². The number of piperidine rings is 1. The second kappa shape index (κ2) is 6.06. The van der Waals surface area contributed by atoms with Crippen LogP contribution in [-0.2, 0) is 6.54 Å². The average molecular weight is 262 g/mol. The zero-order valence-electron chi connectivity index (χ0n) is 12.0. The van der Waals surface area contributed by atoms with Gasteiger partial charge in [0.05, 0.1) is 12.0 Å². The summed E-state index contributed by atoms with van der Waals surface area (Å²) in [5.41, 5.74) is 1.38. The number of likely N-dealkylation sites (N-methyl/N-ethyl adjacent to an activating group) is 1. The Hall–Kier alpha value is -0.870. The summed E-state index contributed by atoms with van der Waals surface area (Å²) >= 11 is 0. The zero-order valence-corrected chi connectivity index (χ0v) is 12.0. The van der Waals surface area contributed by atoms with E-state index in [1.54, 1.807) is 0 Å². The summed E-state index contributed by atoms with van der Waals surface area (Å²) < 4.78 is 2.36. The Morgan fingerprint density at radius 2 is 2.26 bits per heavy atom. The maximum atomic E-state index is 4.37. The van der Waals surface area contributed by atoms with Crippen molar-refractivity contribution in [3.63, 3.8) is 0 Å². The first-order valence-corrected chi connectivity index (χ1v) is 7.86. The van der Waals surface area contributed by atoms with Crippen LogP contribution >= 0.6 is 0 Å². The van der Waals surface area contributed by atoms with E-state index < -0.39 is 0 Å². The Balaban J connectivity index is 1.59. The quantitative estimate of drug-likeness (QED) is 0.853. The lowest BCUT2D eigenvalue weighted by molar-refractivity contribution is 0.262. The topological polar surface area (TPSA) is 33.1 Å². The highest BCUT2D eigenvalue weighted by molar-refractivity contribution is 5.06. The van der Waals surface area contributed by atoms with Crippen molar-refractivity contribution in [1.29, 1.82) is 0 Å². The largest absolute Gasteiger partial charge is 0.332 e. The molecule has 1 aliphatic carbocycles. The minimum atomic E-state index is 0.521.